The van der Waals surface area contributed by atoms with E-state index in [1.54, 1.807) is 6.07 Å². The number of nitrogens with one attached hydrogen (secondary N) is 1. The van der Waals surface area contributed by atoms with Gasteiger partial charge in [-0.15, -0.1) is 0 Å². The average molecular weight is 225 g/mol. The van der Waals surface area contributed by atoms with Crippen LogP contribution in [0.3, 0.4) is 0 Å². The van der Waals surface area contributed by atoms with Crippen molar-refractivity contribution in [3.8, 4) is 5.75 Å². The number of hydrogen-bond acceptors (Lipinski definition) is 3. The predicted molar refractivity (Wildman–Crippen MR) is 66.0 cm³/mol. The number of benzene rings is 1. The van der Waals surface area contributed by atoms with Crippen molar-refractivity contribution in [2.75, 3.05) is 5.48 Å². The van der Waals surface area contributed by atoms with Gasteiger partial charge in [0.1, 0.15) is 11.4 Å². The SMILES string of the molecule is CCCCCc1cccc(O)c1NO[SiH3]. The van der Waals surface area contributed by atoms with E-state index in [0.29, 0.717) is 10.5 Å². The summed E-state index contributed by atoms with van der Waals surface area (Å²) in [6.45, 7) is 2.18. The maximum Gasteiger partial charge on any atom is 0.183 e. The molecule has 0 heterocycles. The van der Waals surface area contributed by atoms with Crippen molar-refractivity contribution in [1.82, 2.24) is 0 Å². The van der Waals surface area contributed by atoms with Crippen molar-refractivity contribution < 1.29 is 9.63 Å². The van der Waals surface area contributed by atoms with Crippen LogP contribution < -0.4 is 5.48 Å². The Balaban J connectivity index is 2.71. The molecule has 0 fully saturated rings. The number of rotatable bonds is 6. The number of hydrogen-bond donors (Lipinski definition) is 2. The van der Waals surface area contributed by atoms with Gasteiger partial charge >= 0.3 is 0 Å². The van der Waals surface area contributed by atoms with E-state index >= 15 is 0 Å². The van der Waals surface area contributed by atoms with Crippen molar-refractivity contribution in [2.24, 2.45) is 0 Å². The standard InChI is InChI=1S/C11H19NO2Si/c1-2-3-4-6-9-7-5-8-10(13)11(9)12-14-15/h5,7-8,12-13H,2-4,6H2,1,15H3. The molecule has 1 rings (SSSR count). The maximum atomic E-state index is 9.65. The zero-order valence-electron chi connectivity index (χ0n) is 9.42. The van der Waals surface area contributed by atoms with Gasteiger partial charge in [0.15, 0.2) is 10.5 Å². The molecule has 0 radical (unpaired) electrons. The molecule has 0 aromatic heterocycles. The zero-order valence-corrected chi connectivity index (χ0v) is 11.4. The summed E-state index contributed by atoms with van der Waals surface area (Å²) in [6, 6.07) is 5.57. The van der Waals surface area contributed by atoms with E-state index in [2.05, 4.69) is 12.4 Å². The second-order valence-electron chi connectivity index (χ2n) is 3.57. The van der Waals surface area contributed by atoms with Crippen molar-refractivity contribution in [2.45, 2.75) is 32.6 Å². The first-order chi connectivity index (χ1) is 7.29. The lowest BCUT2D eigenvalue weighted by Crippen LogP contribution is -2.01. The monoisotopic (exact) mass is 225 g/mol. The summed E-state index contributed by atoms with van der Waals surface area (Å²) in [4.78, 5) is 0. The minimum atomic E-state index is 0.264. The van der Waals surface area contributed by atoms with E-state index in [1.165, 1.54) is 12.8 Å². The summed E-state index contributed by atoms with van der Waals surface area (Å²) in [5, 5.41) is 9.65. The largest absolute Gasteiger partial charge is 0.506 e. The number of aryl methyl sites for hydroxylation is 1. The zero-order chi connectivity index (χ0) is 11.1. The molecule has 0 bridgehead atoms. The second-order valence-corrected chi connectivity index (χ2v) is 3.98. The molecule has 0 saturated carbocycles. The fraction of sp³-hybridized carbons (Fsp3) is 0.455. The highest BCUT2D eigenvalue weighted by Crippen LogP contribution is 2.28. The second kappa shape index (κ2) is 6.47. The van der Waals surface area contributed by atoms with Gasteiger partial charge < -0.3 is 9.63 Å². The van der Waals surface area contributed by atoms with Crippen LogP contribution in [0, 0.1) is 0 Å². The Morgan fingerprint density at radius 3 is 2.87 bits per heavy atom. The highest BCUT2D eigenvalue weighted by atomic mass is 28.2. The van der Waals surface area contributed by atoms with Crippen LogP contribution in [0.4, 0.5) is 5.69 Å². The smallest absolute Gasteiger partial charge is 0.183 e. The highest BCUT2D eigenvalue weighted by molar-refractivity contribution is 5.98. The first kappa shape index (κ1) is 12.1. The molecule has 84 valence electrons. The third kappa shape index (κ3) is 3.57. The molecule has 0 atom stereocenters. The van der Waals surface area contributed by atoms with Crippen molar-refractivity contribution >= 4 is 16.2 Å². The van der Waals surface area contributed by atoms with Crippen LogP contribution in [-0.2, 0) is 10.9 Å². The van der Waals surface area contributed by atoms with E-state index in [9.17, 15) is 5.11 Å². The van der Waals surface area contributed by atoms with Gasteiger partial charge in [-0.3, -0.25) is 5.48 Å². The molecule has 4 heteroatoms. The Hall–Kier alpha value is -1.00. The Kier molecular flexibility index (Phi) is 5.21. The van der Waals surface area contributed by atoms with E-state index in [4.69, 9.17) is 4.53 Å². The lowest BCUT2D eigenvalue weighted by Gasteiger charge is -2.12. The van der Waals surface area contributed by atoms with Gasteiger partial charge in [-0.05, 0) is 24.5 Å². The molecule has 15 heavy (non-hydrogen) atoms. The molecule has 0 saturated heterocycles. The normalized spacial score (nSPS) is 10.5. The van der Waals surface area contributed by atoms with Crippen molar-refractivity contribution in [3.63, 3.8) is 0 Å². The quantitative estimate of drug-likeness (QED) is 0.335. The minimum Gasteiger partial charge on any atom is -0.506 e. The van der Waals surface area contributed by atoms with Crippen LogP contribution in [0.5, 0.6) is 5.75 Å². The van der Waals surface area contributed by atoms with Gasteiger partial charge in [-0.1, -0.05) is 31.9 Å². The van der Waals surface area contributed by atoms with E-state index < -0.39 is 0 Å². The number of anilines is 1. The van der Waals surface area contributed by atoms with E-state index in [-0.39, 0.29) is 5.75 Å². The van der Waals surface area contributed by atoms with Gasteiger partial charge in [0.2, 0.25) is 0 Å². The molecule has 0 aliphatic rings. The topological polar surface area (TPSA) is 41.5 Å². The summed E-state index contributed by atoms with van der Waals surface area (Å²) in [6.07, 6.45) is 4.56. The predicted octanol–water partition coefficient (Wildman–Crippen LogP) is 1.75. The summed E-state index contributed by atoms with van der Waals surface area (Å²) in [7, 11) is 0.603. The van der Waals surface area contributed by atoms with Crippen LogP contribution in [0.15, 0.2) is 18.2 Å². The first-order valence-corrected chi connectivity index (χ1v) is 6.21. The van der Waals surface area contributed by atoms with Crippen LogP contribution in [0.1, 0.15) is 31.7 Å². The van der Waals surface area contributed by atoms with Crippen molar-refractivity contribution in [3.05, 3.63) is 23.8 Å². The van der Waals surface area contributed by atoms with Gasteiger partial charge in [0.25, 0.3) is 0 Å². The summed E-state index contributed by atoms with van der Waals surface area (Å²) in [5.41, 5.74) is 4.63. The van der Waals surface area contributed by atoms with Crippen molar-refractivity contribution in [1.29, 1.82) is 0 Å². The summed E-state index contributed by atoms with van der Waals surface area (Å²) < 4.78 is 4.98. The molecular formula is C11H19NO2Si. The van der Waals surface area contributed by atoms with Crippen LogP contribution in [0.25, 0.3) is 0 Å². The molecule has 0 aliphatic heterocycles. The number of aromatic hydroxyl groups is 1. The molecule has 1 aromatic carbocycles. The lowest BCUT2D eigenvalue weighted by atomic mass is 10.1. The molecule has 1 aromatic rings. The maximum absolute atomic E-state index is 9.65. The number of phenols is 1. The molecular weight excluding hydrogens is 206 g/mol. The minimum absolute atomic E-state index is 0.264. The summed E-state index contributed by atoms with van der Waals surface area (Å²) >= 11 is 0. The molecule has 0 aliphatic carbocycles. The molecule has 0 amide bonds. The number of para-hydroxylation sites is 1. The number of phenolic OH excluding ortho intramolecular Hbond substituents is 1. The molecule has 2 N–H and O–H groups in total. The average Bonchev–Trinajstić information content (AvgIpc) is 2.23. The third-order valence-corrected chi connectivity index (χ3v) is 2.59. The van der Waals surface area contributed by atoms with E-state index in [0.717, 1.165) is 24.1 Å². The lowest BCUT2D eigenvalue weighted by molar-refractivity contribution is 0.429. The van der Waals surface area contributed by atoms with Crippen LogP contribution >= 0.6 is 0 Å². The molecule has 0 unspecified atom stereocenters. The first-order valence-electron chi connectivity index (χ1n) is 5.39. The molecule has 0 spiro atoms. The highest BCUT2D eigenvalue weighted by Gasteiger charge is 2.06. The molecule has 3 nitrogen and oxygen atoms in total. The Bertz CT molecular complexity index is 305. The van der Waals surface area contributed by atoms with Gasteiger partial charge in [0.05, 0.1) is 0 Å². The summed E-state index contributed by atoms with van der Waals surface area (Å²) in [5.74, 6) is 0.264. The van der Waals surface area contributed by atoms with Gasteiger partial charge in [-0.25, -0.2) is 0 Å². The number of unbranched alkanes of at least 4 members (excludes halogenated alkanes) is 2. The Morgan fingerprint density at radius 2 is 2.20 bits per heavy atom. The Labute approximate surface area is 94.0 Å². The fourth-order valence-electron chi connectivity index (χ4n) is 1.58. The van der Waals surface area contributed by atoms with Gasteiger partial charge in [-0.2, -0.15) is 0 Å². The van der Waals surface area contributed by atoms with E-state index in [1.807, 2.05) is 12.1 Å². The fourth-order valence-corrected chi connectivity index (χ4v) is 1.78. The third-order valence-electron chi connectivity index (χ3n) is 2.38. The van der Waals surface area contributed by atoms with Crippen LogP contribution in [0.2, 0.25) is 0 Å². The van der Waals surface area contributed by atoms with Crippen LogP contribution in [-0.4, -0.2) is 15.6 Å². The van der Waals surface area contributed by atoms with Gasteiger partial charge in [0, 0.05) is 0 Å². The Morgan fingerprint density at radius 1 is 1.40 bits per heavy atom.